The van der Waals surface area contributed by atoms with Crippen molar-refractivity contribution >= 4 is 54.3 Å². The summed E-state index contributed by atoms with van der Waals surface area (Å²) in [6, 6.07) is 44.6. The molecule has 0 aliphatic carbocycles. The van der Waals surface area contributed by atoms with E-state index in [0.29, 0.717) is 5.56 Å². The Hall–Kier alpha value is -6.44. The van der Waals surface area contributed by atoms with Crippen molar-refractivity contribution in [2.75, 3.05) is 0 Å². The molecule has 1 heterocycles. The van der Waals surface area contributed by atoms with Crippen LogP contribution in [0.5, 0.6) is 0 Å². The highest BCUT2D eigenvalue weighted by molar-refractivity contribution is 6.21. The summed E-state index contributed by atoms with van der Waals surface area (Å²) in [6.45, 7) is 0. The lowest BCUT2D eigenvalue weighted by molar-refractivity contribution is 0.669. The third kappa shape index (κ3) is 4.55. The molecule has 0 aliphatic heterocycles. The Morgan fingerprint density at radius 1 is 0.347 bits per heavy atom. The Labute approximate surface area is 294 Å². The van der Waals surface area contributed by atoms with E-state index >= 15 is 0 Å². The summed E-state index contributed by atoms with van der Waals surface area (Å²) in [4.78, 5) is 0. The minimum absolute atomic E-state index is 0.0571. The highest BCUT2D eigenvalue weighted by atomic mass is 16.3. The minimum Gasteiger partial charge on any atom is -0.456 e. The predicted octanol–water partition coefficient (Wildman–Crippen LogP) is 13.7. The number of benzene rings is 9. The van der Waals surface area contributed by atoms with Crippen LogP contribution in [0, 0.1) is 0 Å². The SMILES string of the molecule is [2H]c1c([2H])c([2H])c2c([2H])c(-c3c4ccccc4c(-c4ccc(-c5ccc6oc7cc(-c8ccccc8)ccc7c6c5)cc4)c4ccccc34)c([2H])c([2H])c2c1[2H]. The molecule has 0 spiro atoms. The average molecular weight is 630 g/mol. The van der Waals surface area contributed by atoms with E-state index < -0.39 is 18.1 Å². The van der Waals surface area contributed by atoms with E-state index in [1.165, 1.54) is 0 Å². The third-order valence-electron chi connectivity index (χ3n) is 9.52. The zero-order valence-electron chi connectivity index (χ0n) is 33.2. The lowest BCUT2D eigenvalue weighted by Crippen LogP contribution is -1.91. The van der Waals surface area contributed by atoms with Crippen LogP contribution in [-0.2, 0) is 0 Å². The molecule has 0 unspecified atom stereocenters. The van der Waals surface area contributed by atoms with Crippen molar-refractivity contribution in [2.45, 2.75) is 0 Å². The lowest BCUT2D eigenvalue weighted by Gasteiger charge is -2.18. The van der Waals surface area contributed by atoms with Crippen LogP contribution in [0.25, 0.3) is 98.8 Å². The van der Waals surface area contributed by atoms with Gasteiger partial charge in [-0.05, 0) is 107 Å². The molecule has 228 valence electrons. The fraction of sp³-hybridized carbons (Fsp3) is 0. The van der Waals surface area contributed by atoms with Gasteiger partial charge in [0.25, 0.3) is 0 Å². The van der Waals surface area contributed by atoms with E-state index in [1.807, 2.05) is 72.8 Å². The molecule has 0 saturated carbocycles. The van der Waals surface area contributed by atoms with Gasteiger partial charge in [-0.3, -0.25) is 0 Å². The molecule has 10 aromatic rings. The maximum atomic E-state index is 9.37. The van der Waals surface area contributed by atoms with Gasteiger partial charge in [0.2, 0.25) is 0 Å². The van der Waals surface area contributed by atoms with Crippen LogP contribution in [0.2, 0.25) is 0 Å². The van der Waals surface area contributed by atoms with Crippen molar-refractivity contribution in [1.29, 1.82) is 0 Å². The van der Waals surface area contributed by atoms with Crippen molar-refractivity contribution in [3.05, 3.63) is 182 Å². The number of hydrogen-bond donors (Lipinski definition) is 0. The Morgan fingerprint density at radius 3 is 1.61 bits per heavy atom. The van der Waals surface area contributed by atoms with Crippen LogP contribution in [0.3, 0.4) is 0 Å². The molecular weight excluding hydrogens is 593 g/mol. The molecule has 10 rings (SSSR count). The summed E-state index contributed by atoms with van der Waals surface area (Å²) in [6.07, 6.45) is 0. The van der Waals surface area contributed by atoms with Gasteiger partial charge >= 0.3 is 0 Å². The van der Waals surface area contributed by atoms with Gasteiger partial charge in [-0.15, -0.1) is 0 Å². The van der Waals surface area contributed by atoms with Gasteiger partial charge in [-0.1, -0.05) is 152 Å². The van der Waals surface area contributed by atoms with Crippen LogP contribution in [0.4, 0.5) is 0 Å². The summed E-state index contributed by atoms with van der Waals surface area (Å²) in [7, 11) is 0. The fourth-order valence-electron chi connectivity index (χ4n) is 7.21. The lowest BCUT2D eigenvalue weighted by atomic mass is 9.85. The molecule has 1 nitrogen and oxygen atoms in total. The van der Waals surface area contributed by atoms with Crippen LogP contribution in [0.1, 0.15) is 9.60 Å². The summed E-state index contributed by atoms with van der Waals surface area (Å²) in [5.41, 5.74) is 8.78. The van der Waals surface area contributed by atoms with Crippen molar-refractivity contribution in [2.24, 2.45) is 0 Å². The van der Waals surface area contributed by atoms with E-state index in [1.54, 1.807) is 0 Å². The van der Waals surface area contributed by atoms with Crippen LogP contribution in [-0.4, -0.2) is 0 Å². The number of rotatable bonds is 4. The molecule has 49 heavy (non-hydrogen) atoms. The molecule has 0 fully saturated rings. The van der Waals surface area contributed by atoms with Gasteiger partial charge in [0.1, 0.15) is 11.2 Å². The number of fused-ring (bicyclic) bond motifs is 6. The Kier molecular flexibility index (Phi) is 4.85. The molecule has 0 atom stereocenters. The second kappa shape index (κ2) is 11.1. The largest absolute Gasteiger partial charge is 0.456 e. The molecule has 1 heteroatoms. The fourth-order valence-corrected chi connectivity index (χ4v) is 7.21. The normalized spacial score (nSPS) is 13.7. The van der Waals surface area contributed by atoms with E-state index in [0.717, 1.165) is 76.9 Å². The van der Waals surface area contributed by atoms with Gasteiger partial charge < -0.3 is 4.42 Å². The first-order chi connectivity index (χ1) is 27.2. The zero-order chi connectivity index (χ0) is 38.4. The Bertz CT molecular complexity index is 3200. The quantitative estimate of drug-likeness (QED) is 0.177. The summed E-state index contributed by atoms with van der Waals surface area (Å²) >= 11 is 0. The Morgan fingerprint density at radius 2 is 0.898 bits per heavy atom. The van der Waals surface area contributed by atoms with Crippen molar-refractivity contribution in [3.8, 4) is 44.5 Å². The van der Waals surface area contributed by atoms with Crippen molar-refractivity contribution in [1.82, 2.24) is 0 Å². The molecule has 0 aliphatic rings. The van der Waals surface area contributed by atoms with Gasteiger partial charge in [-0.25, -0.2) is 0 Å². The smallest absolute Gasteiger partial charge is 0.136 e. The minimum atomic E-state index is -0.484. The Balaban J connectivity index is 1.13. The number of hydrogen-bond acceptors (Lipinski definition) is 1. The average Bonchev–Trinajstić information content (AvgIpc) is 3.61. The third-order valence-corrected chi connectivity index (χ3v) is 9.52. The maximum absolute atomic E-state index is 9.37. The molecule has 0 radical (unpaired) electrons. The molecule has 9 aromatic carbocycles. The van der Waals surface area contributed by atoms with Crippen LogP contribution < -0.4 is 0 Å². The predicted molar refractivity (Wildman–Crippen MR) is 208 cm³/mol. The van der Waals surface area contributed by atoms with Gasteiger partial charge in [0, 0.05) is 10.8 Å². The van der Waals surface area contributed by atoms with Gasteiger partial charge in [0.15, 0.2) is 0 Å². The highest BCUT2D eigenvalue weighted by Crippen LogP contribution is 2.44. The summed E-state index contributed by atoms with van der Waals surface area (Å²) in [5.74, 6) is 0. The topological polar surface area (TPSA) is 13.1 Å². The summed E-state index contributed by atoms with van der Waals surface area (Å²) in [5, 5.41) is 5.30. The number of furan rings is 1. The molecular formula is C48H30O. The standard InChI is InChI=1S/C48H30O/c1-2-10-31(11-3-1)37-24-26-39-44-29-36(25-27-45(44)49-46(39)30-37)33-18-21-34(22-19-33)47-40-14-6-8-16-42(40)48(43-17-9-7-15-41(43)47)38-23-20-32-12-4-5-13-35(32)28-38/h1-30H/i4D,5D,12D,13D,20D,23D,28D. The zero-order valence-corrected chi connectivity index (χ0v) is 26.2. The van der Waals surface area contributed by atoms with E-state index in [2.05, 4.69) is 66.7 Å². The second-order valence-electron chi connectivity index (χ2n) is 12.3. The van der Waals surface area contributed by atoms with E-state index in [4.69, 9.17) is 11.3 Å². The second-order valence-corrected chi connectivity index (χ2v) is 12.3. The van der Waals surface area contributed by atoms with Crippen LogP contribution in [0.15, 0.2) is 186 Å². The molecule has 0 saturated heterocycles. The first kappa shape index (κ1) is 21.4. The van der Waals surface area contributed by atoms with Crippen molar-refractivity contribution < 1.29 is 14.0 Å². The summed E-state index contributed by atoms with van der Waals surface area (Å²) < 4.78 is 67.5. The maximum Gasteiger partial charge on any atom is 0.136 e. The molecule has 0 bridgehead atoms. The van der Waals surface area contributed by atoms with E-state index in [9.17, 15) is 2.74 Å². The molecule has 0 amide bonds. The molecule has 0 N–H and O–H groups in total. The molecule has 1 aromatic heterocycles. The highest BCUT2D eigenvalue weighted by Gasteiger charge is 2.17. The van der Waals surface area contributed by atoms with E-state index in [-0.39, 0.29) is 40.5 Å². The monoisotopic (exact) mass is 629 g/mol. The first-order valence-corrected chi connectivity index (χ1v) is 16.3. The van der Waals surface area contributed by atoms with Crippen molar-refractivity contribution in [3.63, 3.8) is 0 Å². The first-order valence-electron chi connectivity index (χ1n) is 19.8. The van der Waals surface area contributed by atoms with Crippen LogP contribution >= 0.6 is 0 Å². The van der Waals surface area contributed by atoms with Gasteiger partial charge in [0.05, 0.1) is 9.60 Å². The van der Waals surface area contributed by atoms with Gasteiger partial charge in [-0.2, -0.15) is 0 Å².